The first-order chi connectivity index (χ1) is 8.69. The lowest BCUT2D eigenvalue weighted by atomic mass is 10.0. The van der Waals surface area contributed by atoms with Crippen molar-refractivity contribution in [2.24, 2.45) is 5.73 Å². The molecule has 0 bridgehead atoms. The summed E-state index contributed by atoms with van der Waals surface area (Å²) < 4.78 is 11.4. The summed E-state index contributed by atoms with van der Waals surface area (Å²) in [7, 11) is 0. The molecule has 1 heterocycles. The number of benzene rings is 1. The summed E-state index contributed by atoms with van der Waals surface area (Å²) in [6.45, 7) is 5.72. The van der Waals surface area contributed by atoms with Crippen LogP contribution in [-0.2, 0) is 11.2 Å². The second-order valence-corrected chi connectivity index (χ2v) is 5.09. The normalized spacial score (nSPS) is 20.9. The molecule has 0 radical (unpaired) electrons. The van der Waals surface area contributed by atoms with Gasteiger partial charge in [-0.05, 0) is 31.4 Å². The molecule has 1 saturated heterocycles. The van der Waals surface area contributed by atoms with Gasteiger partial charge >= 0.3 is 0 Å². The fourth-order valence-electron chi connectivity index (χ4n) is 2.19. The van der Waals surface area contributed by atoms with Gasteiger partial charge in [0.05, 0.1) is 13.2 Å². The Kier molecular flexibility index (Phi) is 4.61. The summed E-state index contributed by atoms with van der Waals surface area (Å²) in [4.78, 5) is 0. The SMILES string of the molecule is CCC(N)Cc1cc(C)ccc1OC1CCOC1. The van der Waals surface area contributed by atoms with Crippen molar-refractivity contribution in [3.05, 3.63) is 29.3 Å². The first-order valence-corrected chi connectivity index (χ1v) is 6.78. The second-order valence-electron chi connectivity index (χ2n) is 5.09. The summed E-state index contributed by atoms with van der Waals surface area (Å²) in [5, 5.41) is 0. The van der Waals surface area contributed by atoms with Crippen molar-refractivity contribution in [3.63, 3.8) is 0 Å². The summed E-state index contributed by atoms with van der Waals surface area (Å²) in [6.07, 6.45) is 3.04. The summed E-state index contributed by atoms with van der Waals surface area (Å²) in [6, 6.07) is 6.53. The molecule has 0 amide bonds. The van der Waals surface area contributed by atoms with Crippen LogP contribution in [0.1, 0.15) is 30.9 Å². The molecule has 2 unspecified atom stereocenters. The highest BCUT2D eigenvalue weighted by Crippen LogP contribution is 2.24. The molecule has 1 aromatic carbocycles. The van der Waals surface area contributed by atoms with Gasteiger partial charge in [-0.25, -0.2) is 0 Å². The highest BCUT2D eigenvalue weighted by atomic mass is 16.5. The molecule has 1 aliphatic rings. The van der Waals surface area contributed by atoms with Crippen LogP contribution in [0.5, 0.6) is 5.75 Å². The van der Waals surface area contributed by atoms with Crippen molar-refractivity contribution in [1.82, 2.24) is 0 Å². The van der Waals surface area contributed by atoms with E-state index in [0.717, 1.165) is 31.6 Å². The van der Waals surface area contributed by atoms with Crippen LogP contribution in [0.3, 0.4) is 0 Å². The van der Waals surface area contributed by atoms with Gasteiger partial charge < -0.3 is 15.2 Å². The lowest BCUT2D eigenvalue weighted by Crippen LogP contribution is -2.23. The van der Waals surface area contributed by atoms with Crippen LogP contribution in [0.4, 0.5) is 0 Å². The van der Waals surface area contributed by atoms with E-state index in [1.807, 2.05) is 0 Å². The molecule has 0 aromatic heterocycles. The van der Waals surface area contributed by atoms with Crippen LogP contribution in [0.2, 0.25) is 0 Å². The average molecular weight is 249 g/mol. The van der Waals surface area contributed by atoms with Crippen molar-refractivity contribution in [2.45, 2.75) is 45.3 Å². The molecular formula is C15H23NO2. The van der Waals surface area contributed by atoms with E-state index in [1.165, 1.54) is 11.1 Å². The Morgan fingerprint density at radius 2 is 2.33 bits per heavy atom. The van der Waals surface area contributed by atoms with Gasteiger partial charge in [0.15, 0.2) is 0 Å². The maximum Gasteiger partial charge on any atom is 0.124 e. The number of hydrogen-bond acceptors (Lipinski definition) is 3. The monoisotopic (exact) mass is 249 g/mol. The third-order valence-corrected chi connectivity index (χ3v) is 3.40. The van der Waals surface area contributed by atoms with Crippen LogP contribution >= 0.6 is 0 Å². The van der Waals surface area contributed by atoms with Gasteiger partial charge in [0, 0.05) is 12.5 Å². The summed E-state index contributed by atoms with van der Waals surface area (Å²) in [5.74, 6) is 0.972. The molecule has 1 fully saturated rings. The third-order valence-electron chi connectivity index (χ3n) is 3.40. The Bertz CT molecular complexity index is 386. The molecule has 0 aliphatic carbocycles. The van der Waals surface area contributed by atoms with Gasteiger partial charge in [-0.3, -0.25) is 0 Å². The van der Waals surface area contributed by atoms with Crippen LogP contribution in [-0.4, -0.2) is 25.4 Å². The van der Waals surface area contributed by atoms with Crippen LogP contribution in [0, 0.1) is 6.92 Å². The van der Waals surface area contributed by atoms with E-state index in [4.69, 9.17) is 15.2 Å². The number of hydrogen-bond donors (Lipinski definition) is 1. The fraction of sp³-hybridized carbons (Fsp3) is 0.600. The predicted octanol–water partition coefficient (Wildman–Crippen LogP) is 2.44. The van der Waals surface area contributed by atoms with Gasteiger partial charge in [0.1, 0.15) is 11.9 Å². The van der Waals surface area contributed by atoms with Gasteiger partial charge in [-0.15, -0.1) is 0 Å². The highest BCUT2D eigenvalue weighted by molar-refractivity contribution is 5.37. The summed E-state index contributed by atoms with van der Waals surface area (Å²) in [5.41, 5.74) is 8.52. The van der Waals surface area contributed by atoms with E-state index in [9.17, 15) is 0 Å². The Labute approximate surface area is 109 Å². The van der Waals surface area contributed by atoms with E-state index in [0.29, 0.717) is 6.61 Å². The molecular weight excluding hydrogens is 226 g/mol. The van der Waals surface area contributed by atoms with Crippen molar-refractivity contribution in [1.29, 1.82) is 0 Å². The second kappa shape index (κ2) is 6.21. The van der Waals surface area contributed by atoms with Crippen LogP contribution in [0.25, 0.3) is 0 Å². The largest absolute Gasteiger partial charge is 0.488 e. The zero-order chi connectivity index (χ0) is 13.0. The minimum absolute atomic E-state index is 0.198. The van der Waals surface area contributed by atoms with E-state index in [2.05, 4.69) is 32.0 Å². The molecule has 3 heteroatoms. The van der Waals surface area contributed by atoms with Crippen LogP contribution < -0.4 is 10.5 Å². The van der Waals surface area contributed by atoms with Crippen molar-refractivity contribution in [3.8, 4) is 5.75 Å². The zero-order valence-electron chi connectivity index (χ0n) is 11.3. The first kappa shape index (κ1) is 13.4. The number of aryl methyl sites for hydroxylation is 1. The lowest BCUT2D eigenvalue weighted by molar-refractivity contribution is 0.140. The van der Waals surface area contributed by atoms with Gasteiger partial charge in [0.25, 0.3) is 0 Å². The van der Waals surface area contributed by atoms with Crippen LogP contribution in [0.15, 0.2) is 18.2 Å². The molecule has 2 atom stereocenters. The maximum atomic E-state index is 6.05. The first-order valence-electron chi connectivity index (χ1n) is 6.78. The molecule has 1 aromatic rings. The Morgan fingerprint density at radius 3 is 3.00 bits per heavy atom. The van der Waals surface area contributed by atoms with Gasteiger partial charge in [-0.1, -0.05) is 24.6 Å². The van der Waals surface area contributed by atoms with E-state index < -0.39 is 0 Å². The molecule has 18 heavy (non-hydrogen) atoms. The Hall–Kier alpha value is -1.06. The zero-order valence-corrected chi connectivity index (χ0v) is 11.3. The molecule has 0 spiro atoms. The molecule has 2 rings (SSSR count). The van der Waals surface area contributed by atoms with Crippen molar-refractivity contribution >= 4 is 0 Å². The van der Waals surface area contributed by atoms with E-state index in [1.54, 1.807) is 0 Å². The number of rotatable bonds is 5. The molecule has 1 aliphatic heterocycles. The number of ether oxygens (including phenoxy) is 2. The highest BCUT2D eigenvalue weighted by Gasteiger charge is 2.19. The number of nitrogens with two attached hydrogens (primary N) is 1. The predicted molar refractivity (Wildman–Crippen MR) is 73.0 cm³/mol. The molecule has 100 valence electrons. The minimum atomic E-state index is 0.198. The van der Waals surface area contributed by atoms with E-state index in [-0.39, 0.29) is 12.1 Å². The van der Waals surface area contributed by atoms with Gasteiger partial charge in [0.2, 0.25) is 0 Å². The van der Waals surface area contributed by atoms with Crippen molar-refractivity contribution in [2.75, 3.05) is 13.2 Å². The molecule has 0 saturated carbocycles. The lowest BCUT2D eigenvalue weighted by Gasteiger charge is -2.18. The Morgan fingerprint density at radius 1 is 1.50 bits per heavy atom. The molecule has 3 nitrogen and oxygen atoms in total. The summed E-state index contributed by atoms with van der Waals surface area (Å²) >= 11 is 0. The van der Waals surface area contributed by atoms with E-state index >= 15 is 0 Å². The average Bonchev–Trinajstić information content (AvgIpc) is 2.85. The smallest absolute Gasteiger partial charge is 0.124 e. The fourth-order valence-corrected chi connectivity index (χ4v) is 2.19. The molecule has 2 N–H and O–H groups in total. The quantitative estimate of drug-likeness (QED) is 0.871. The van der Waals surface area contributed by atoms with Gasteiger partial charge in [-0.2, -0.15) is 0 Å². The van der Waals surface area contributed by atoms with Crippen molar-refractivity contribution < 1.29 is 9.47 Å². The topological polar surface area (TPSA) is 44.5 Å². The Balaban J connectivity index is 2.11. The minimum Gasteiger partial charge on any atom is -0.488 e. The standard InChI is InChI=1S/C15H23NO2/c1-3-13(16)9-12-8-11(2)4-5-15(12)18-14-6-7-17-10-14/h4-5,8,13-14H,3,6-7,9-10,16H2,1-2H3. The third kappa shape index (κ3) is 3.47. The maximum absolute atomic E-state index is 6.05.